The Bertz CT molecular complexity index is 1690. The van der Waals surface area contributed by atoms with Crippen LogP contribution in [0.2, 0.25) is 5.02 Å². The van der Waals surface area contributed by atoms with E-state index in [1.807, 2.05) is 19.1 Å². The van der Waals surface area contributed by atoms with Crippen molar-refractivity contribution in [2.75, 3.05) is 12.4 Å². The number of methoxy groups -OCH3 is 1. The fourth-order valence-corrected chi connectivity index (χ4v) is 6.50. The number of hydrogen-bond donors (Lipinski definition) is 3. The molecule has 5 rings (SSSR count). The molecule has 1 heterocycles. The Kier molecular flexibility index (Phi) is 8.18. The Morgan fingerprint density at radius 2 is 1.69 bits per heavy atom. The van der Waals surface area contributed by atoms with Crippen LogP contribution in [0.3, 0.4) is 0 Å². The van der Waals surface area contributed by atoms with Crippen molar-refractivity contribution in [3.8, 4) is 28.4 Å². The molecule has 0 bridgehead atoms. The summed E-state index contributed by atoms with van der Waals surface area (Å²) in [6.07, 6.45) is 2.17. The molecule has 42 heavy (non-hydrogen) atoms. The lowest BCUT2D eigenvalue weighted by molar-refractivity contribution is 0.302. The van der Waals surface area contributed by atoms with E-state index in [0.717, 1.165) is 39.1 Å². The summed E-state index contributed by atoms with van der Waals surface area (Å²) >= 11 is 6.04. The molecule has 6 nitrogen and oxygen atoms in total. The first-order valence-corrected chi connectivity index (χ1v) is 15.2. The average molecular weight is 610 g/mol. The highest BCUT2D eigenvalue weighted by Gasteiger charge is 2.28. The molecule has 4 aromatic carbocycles. The number of halogens is 2. The van der Waals surface area contributed by atoms with Crippen molar-refractivity contribution in [3.05, 3.63) is 106 Å². The standard InChI is InChI=1S/C33H33ClFNO5S/c1-20-9-10-23(35)16-30(20)40-19-28-26(13-14-29-32(28)21(2)18-33(3,4)36-29)27-12-11-24(17-31(27)39-5)41-42(37,38)25-8-6-7-22(34)15-25/h6-18,36-38H,19H2,1-5H3. The molecule has 1 aliphatic rings. The molecule has 0 saturated heterocycles. The SMILES string of the molecule is COc1cc(OS(O)(O)c2cccc(Cl)c2)ccc1-c1ccc2c(c1COc1cc(F)ccc1C)C(C)=CC(C)(C)N2. The molecule has 0 radical (unpaired) electrons. The molecule has 0 unspecified atom stereocenters. The largest absolute Gasteiger partial charge is 0.496 e. The van der Waals surface area contributed by atoms with Gasteiger partial charge in [-0.25, -0.2) is 4.39 Å². The first kappa shape index (κ1) is 29.8. The van der Waals surface area contributed by atoms with Crippen molar-refractivity contribution < 1.29 is 27.2 Å². The van der Waals surface area contributed by atoms with Crippen LogP contribution < -0.4 is 19.0 Å². The summed E-state index contributed by atoms with van der Waals surface area (Å²) in [5.41, 5.74) is 6.13. The highest BCUT2D eigenvalue weighted by Crippen LogP contribution is 2.51. The lowest BCUT2D eigenvalue weighted by Gasteiger charge is -2.33. The van der Waals surface area contributed by atoms with E-state index >= 15 is 0 Å². The maximum absolute atomic E-state index is 14.1. The van der Waals surface area contributed by atoms with Gasteiger partial charge in [-0.15, -0.1) is 0 Å². The van der Waals surface area contributed by atoms with Crippen molar-refractivity contribution >= 4 is 33.7 Å². The molecule has 0 spiro atoms. The third-order valence-corrected chi connectivity index (χ3v) is 8.57. The molecule has 0 aromatic heterocycles. The van der Waals surface area contributed by atoms with Crippen LogP contribution in [-0.2, 0) is 6.61 Å². The van der Waals surface area contributed by atoms with Gasteiger partial charge in [-0.3, -0.25) is 9.11 Å². The Balaban J connectivity index is 1.57. The first-order chi connectivity index (χ1) is 19.9. The first-order valence-electron chi connectivity index (χ1n) is 13.3. The number of anilines is 1. The molecule has 220 valence electrons. The second-order valence-electron chi connectivity index (χ2n) is 10.8. The Morgan fingerprint density at radius 1 is 0.929 bits per heavy atom. The molecule has 0 fully saturated rings. The molecule has 0 saturated carbocycles. The van der Waals surface area contributed by atoms with Crippen LogP contribution in [0, 0.1) is 12.7 Å². The maximum atomic E-state index is 14.1. The monoisotopic (exact) mass is 609 g/mol. The van der Waals surface area contributed by atoms with Gasteiger partial charge in [0.25, 0.3) is 0 Å². The van der Waals surface area contributed by atoms with E-state index in [1.165, 1.54) is 31.4 Å². The van der Waals surface area contributed by atoms with Gasteiger partial charge in [0.15, 0.2) is 10.9 Å². The van der Waals surface area contributed by atoms with Gasteiger partial charge in [0, 0.05) is 39.5 Å². The molecule has 3 N–H and O–H groups in total. The van der Waals surface area contributed by atoms with Gasteiger partial charge in [0.05, 0.1) is 17.5 Å². The number of ether oxygens (including phenoxy) is 2. The third-order valence-electron chi connectivity index (χ3n) is 7.04. The lowest BCUT2D eigenvalue weighted by Crippen LogP contribution is -2.32. The number of rotatable bonds is 8. The minimum Gasteiger partial charge on any atom is -0.496 e. The van der Waals surface area contributed by atoms with Crippen LogP contribution >= 0.6 is 22.5 Å². The molecule has 9 heteroatoms. The van der Waals surface area contributed by atoms with Crippen molar-refractivity contribution in [2.45, 2.75) is 44.7 Å². The number of nitrogens with one attached hydrogen (secondary N) is 1. The van der Waals surface area contributed by atoms with Crippen molar-refractivity contribution in [2.24, 2.45) is 0 Å². The summed E-state index contributed by atoms with van der Waals surface area (Å²) in [6.45, 7) is 8.33. The van der Waals surface area contributed by atoms with E-state index in [0.29, 0.717) is 16.5 Å². The molecule has 0 atom stereocenters. The van der Waals surface area contributed by atoms with E-state index in [2.05, 4.69) is 32.2 Å². The Hall–Kier alpha value is -3.69. The number of allylic oxidation sites excluding steroid dienone is 1. The van der Waals surface area contributed by atoms with Crippen molar-refractivity contribution in [1.82, 2.24) is 0 Å². The van der Waals surface area contributed by atoms with Gasteiger partial charge in [0.1, 0.15) is 29.7 Å². The molecule has 4 aromatic rings. The summed E-state index contributed by atoms with van der Waals surface area (Å²) in [7, 11) is -2.09. The van der Waals surface area contributed by atoms with E-state index in [-0.39, 0.29) is 28.6 Å². The normalized spacial score (nSPS) is 14.4. The summed E-state index contributed by atoms with van der Waals surface area (Å²) in [5.74, 6) is 0.765. The molecule has 1 aliphatic heterocycles. The predicted octanol–water partition coefficient (Wildman–Crippen LogP) is 9.75. The topological polar surface area (TPSA) is 80.2 Å². The Morgan fingerprint density at radius 3 is 2.43 bits per heavy atom. The molecular weight excluding hydrogens is 577 g/mol. The number of hydrogen-bond acceptors (Lipinski definition) is 6. The van der Waals surface area contributed by atoms with E-state index in [9.17, 15) is 13.5 Å². The second-order valence-corrected chi connectivity index (χ2v) is 12.9. The molecular formula is C33H33ClFNO5S. The summed E-state index contributed by atoms with van der Waals surface area (Å²) < 4.78 is 53.2. The van der Waals surface area contributed by atoms with Gasteiger partial charge in [0.2, 0.25) is 0 Å². The quantitative estimate of drug-likeness (QED) is 0.184. The molecule has 0 aliphatic carbocycles. The van der Waals surface area contributed by atoms with E-state index < -0.39 is 10.9 Å². The smallest absolute Gasteiger partial charge is 0.161 e. The zero-order chi connectivity index (χ0) is 30.2. The van der Waals surface area contributed by atoms with Crippen LogP contribution in [0.25, 0.3) is 16.7 Å². The van der Waals surface area contributed by atoms with Gasteiger partial charge in [-0.05, 0) is 86.9 Å². The number of fused-ring (bicyclic) bond motifs is 1. The van der Waals surface area contributed by atoms with Gasteiger partial charge in [-0.1, -0.05) is 35.9 Å². The highest BCUT2D eigenvalue weighted by molar-refractivity contribution is 8.20. The number of aryl methyl sites for hydroxylation is 1. The minimum absolute atomic E-state index is 0.164. The summed E-state index contributed by atoms with van der Waals surface area (Å²) in [5, 5.41) is 3.94. The lowest BCUT2D eigenvalue weighted by atomic mass is 9.85. The third kappa shape index (κ3) is 6.22. The van der Waals surface area contributed by atoms with Gasteiger partial charge in [-0.2, -0.15) is 0 Å². The van der Waals surface area contributed by atoms with Crippen LogP contribution in [0.4, 0.5) is 10.1 Å². The van der Waals surface area contributed by atoms with Crippen LogP contribution in [-0.4, -0.2) is 21.8 Å². The van der Waals surface area contributed by atoms with Crippen molar-refractivity contribution in [3.63, 3.8) is 0 Å². The van der Waals surface area contributed by atoms with Crippen molar-refractivity contribution in [1.29, 1.82) is 0 Å². The molecule has 0 amide bonds. The van der Waals surface area contributed by atoms with E-state index in [4.69, 9.17) is 25.3 Å². The minimum atomic E-state index is -3.63. The number of benzene rings is 4. The zero-order valence-corrected chi connectivity index (χ0v) is 25.6. The summed E-state index contributed by atoms with van der Waals surface area (Å²) in [6, 6.07) is 19.8. The predicted molar refractivity (Wildman–Crippen MR) is 168 cm³/mol. The van der Waals surface area contributed by atoms with Gasteiger partial charge >= 0.3 is 0 Å². The van der Waals surface area contributed by atoms with E-state index in [1.54, 1.807) is 36.4 Å². The van der Waals surface area contributed by atoms with Crippen LogP contribution in [0.5, 0.6) is 17.2 Å². The average Bonchev–Trinajstić information content (AvgIpc) is 2.92. The Labute approximate surface area is 252 Å². The fourth-order valence-electron chi connectivity index (χ4n) is 5.24. The van der Waals surface area contributed by atoms with Crippen LogP contribution in [0.1, 0.15) is 37.5 Å². The summed E-state index contributed by atoms with van der Waals surface area (Å²) in [4.78, 5) is 0.164. The second kappa shape index (κ2) is 11.5. The van der Waals surface area contributed by atoms with Gasteiger partial charge < -0.3 is 19.0 Å². The fraction of sp³-hybridized carbons (Fsp3) is 0.212. The zero-order valence-electron chi connectivity index (χ0n) is 24.0. The highest BCUT2D eigenvalue weighted by atomic mass is 35.5. The van der Waals surface area contributed by atoms with Crippen LogP contribution in [0.15, 0.2) is 83.8 Å². The maximum Gasteiger partial charge on any atom is 0.161 e.